The summed E-state index contributed by atoms with van der Waals surface area (Å²) in [6, 6.07) is 0. The quantitative estimate of drug-likeness (QED) is 0.582. The van der Waals surface area contributed by atoms with Gasteiger partial charge in [0.2, 0.25) is 0 Å². The zero-order valence-electron chi connectivity index (χ0n) is 6.77. The van der Waals surface area contributed by atoms with E-state index in [1.54, 1.807) is 7.05 Å². The highest BCUT2D eigenvalue weighted by Crippen LogP contribution is 2.16. The first-order chi connectivity index (χ1) is 6.24. The van der Waals surface area contributed by atoms with E-state index in [1.807, 2.05) is 0 Å². The summed E-state index contributed by atoms with van der Waals surface area (Å²) in [5.74, 6) is 0.202. The van der Waals surface area contributed by atoms with Gasteiger partial charge in [-0.3, -0.25) is 4.79 Å². The maximum Gasteiger partial charge on any atom is 0.282 e. The Bertz CT molecular complexity index is 558. The van der Waals surface area contributed by atoms with Crippen LogP contribution in [0.2, 0.25) is 0 Å². The Balaban J connectivity index is 3.00. The van der Waals surface area contributed by atoms with E-state index in [-0.39, 0.29) is 16.9 Å². The number of aromatic amines is 1. The molecule has 0 amide bonds. The largest absolute Gasteiger partial charge is 0.360 e. The van der Waals surface area contributed by atoms with Crippen molar-refractivity contribution in [3.05, 3.63) is 28.1 Å². The molecule has 2 aromatic rings. The summed E-state index contributed by atoms with van der Waals surface area (Å²) in [6.45, 7) is 6.77. The van der Waals surface area contributed by atoms with Crippen molar-refractivity contribution < 1.29 is 0 Å². The van der Waals surface area contributed by atoms with Crippen LogP contribution in [0.5, 0.6) is 0 Å². The summed E-state index contributed by atoms with van der Waals surface area (Å²) in [7, 11) is 1.58. The van der Waals surface area contributed by atoms with E-state index < -0.39 is 0 Å². The SMILES string of the molecule is [C-]#[N+]c1[nH]nc2c(=O)n(C)cnc12. The van der Waals surface area contributed by atoms with Crippen LogP contribution in [-0.4, -0.2) is 19.7 Å². The van der Waals surface area contributed by atoms with Crippen molar-refractivity contribution in [3.63, 3.8) is 0 Å². The maximum atomic E-state index is 11.4. The molecule has 0 fully saturated rings. The van der Waals surface area contributed by atoms with Crippen LogP contribution in [0.15, 0.2) is 11.1 Å². The standard InChI is InChI=1S/C7H5N5O/c1-8-6-4-5(10-11-6)7(13)12(2)3-9-4/h3H,2H3,(H,10,11). The lowest BCUT2D eigenvalue weighted by molar-refractivity contribution is 0.839. The van der Waals surface area contributed by atoms with Gasteiger partial charge >= 0.3 is 0 Å². The number of H-pyrrole nitrogens is 1. The van der Waals surface area contributed by atoms with Crippen molar-refractivity contribution in [2.24, 2.45) is 7.05 Å². The van der Waals surface area contributed by atoms with Gasteiger partial charge in [-0.05, 0) is 0 Å². The predicted molar refractivity (Wildman–Crippen MR) is 45.4 cm³/mol. The Morgan fingerprint density at radius 2 is 2.38 bits per heavy atom. The Labute approximate surface area is 72.7 Å². The topological polar surface area (TPSA) is 67.9 Å². The molecule has 0 aliphatic carbocycles. The number of fused-ring (bicyclic) bond motifs is 1. The molecule has 1 N–H and O–H groups in total. The molecule has 0 atom stereocenters. The van der Waals surface area contributed by atoms with E-state index in [4.69, 9.17) is 6.57 Å². The van der Waals surface area contributed by atoms with Gasteiger partial charge in [-0.15, -0.1) is 0 Å². The lowest BCUT2D eigenvalue weighted by atomic mass is 10.4. The molecule has 64 valence electrons. The minimum absolute atomic E-state index is 0.202. The Morgan fingerprint density at radius 1 is 1.62 bits per heavy atom. The average Bonchev–Trinajstić information content (AvgIpc) is 2.55. The highest BCUT2D eigenvalue weighted by molar-refractivity contribution is 5.85. The van der Waals surface area contributed by atoms with Crippen LogP contribution in [0, 0.1) is 6.57 Å². The molecule has 0 radical (unpaired) electrons. The molecule has 0 unspecified atom stereocenters. The second kappa shape index (κ2) is 2.42. The van der Waals surface area contributed by atoms with Crippen LogP contribution in [-0.2, 0) is 7.05 Å². The first-order valence-electron chi connectivity index (χ1n) is 3.51. The molecule has 2 heterocycles. The van der Waals surface area contributed by atoms with Crippen LogP contribution in [0.3, 0.4) is 0 Å². The smallest absolute Gasteiger partial charge is 0.282 e. The number of hydrogen-bond donors (Lipinski definition) is 1. The van der Waals surface area contributed by atoms with Gasteiger partial charge in [0.15, 0.2) is 5.52 Å². The second-order valence-corrected chi connectivity index (χ2v) is 2.54. The third-order valence-electron chi connectivity index (χ3n) is 1.72. The number of nitrogens with one attached hydrogen (secondary N) is 1. The van der Waals surface area contributed by atoms with Crippen molar-refractivity contribution in [2.75, 3.05) is 0 Å². The Morgan fingerprint density at radius 3 is 3.08 bits per heavy atom. The molecular formula is C7H5N5O. The van der Waals surface area contributed by atoms with Crippen molar-refractivity contribution in [1.82, 2.24) is 19.7 Å². The molecular weight excluding hydrogens is 170 g/mol. The minimum atomic E-state index is -0.254. The van der Waals surface area contributed by atoms with Gasteiger partial charge in [0.25, 0.3) is 11.4 Å². The lowest BCUT2D eigenvalue weighted by Crippen LogP contribution is -2.16. The first kappa shape index (κ1) is 7.49. The summed E-state index contributed by atoms with van der Waals surface area (Å²) in [6.07, 6.45) is 1.37. The van der Waals surface area contributed by atoms with Gasteiger partial charge in [-0.25, -0.2) is 10.1 Å². The normalized spacial score (nSPS) is 10.2. The van der Waals surface area contributed by atoms with Gasteiger partial charge in [0.05, 0.1) is 6.33 Å². The molecule has 2 rings (SSSR count). The Kier molecular flexibility index (Phi) is 1.39. The summed E-state index contributed by atoms with van der Waals surface area (Å²) in [5, 5.41) is 6.17. The molecule has 0 bridgehead atoms. The van der Waals surface area contributed by atoms with E-state index in [2.05, 4.69) is 20.0 Å². The van der Waals surface area contributed by atoms with Crippen molar-refractivity contribution in [1.29, 1.82) is 0 Å². The van der Waals surface area contributed by atoms with E-state index in [0.717, 1.165) is 0 Å². The molecule has 6 heteroatoms. The van der Waals surface area contributed by atoms with Crippen molar-refractivity contribution >= 4 is 16.9 Å². The number of aryl methyl sites for hydroxylation is 1. The van der Waals surface area contributed by atoms with Crippen LogP contribution >= 0.6 is 0 Å². The molecule has 6 nitrogen and oxygen atoms in total. The Hall–Kier alpha value is -2.16. The fourth-order valence-corrected chi connectivity index (χ4v) is 1.04. The van der Waals surface area contributed by atoms with Crippen LogP contribution in [0.25, 0.3) is 15.9 Å². The summed E-state index contributed by atoms with van der Waals surface area (Å²) >= 11 is 0. The molecule has 0 aromatic carbocycles. The van der Waals surface area contributed by atoms with Gasteiger partial charge in [-0.2, -0.15) is 0 Å². The molecule has 0 aliphatic heterocycles. The maximum absolute atomic E-state index is 11.4. The predicted octanol–water partition coefficient (Wildman–Crippen LogP) is 0.207. The monoisotopic (exact) mass is 175 g/mol. The first-order valence-corrected chi connectivity index (χ1v) is 3.51. The fraction of sp³-hybridized carbons (Fsp3) is 0.143. The number of aromatic nitrogens is 4. The van der Waals surface area contributed by atoms with E-state index >= 15 is 0 Å². The third-order valence-corrected chi connectivity index (χ3v) is 1.72. The van der Waals surface area contributed by atoms with Gasteiger partial charge in [0.1, 0.15) is 5.52 Å². The molecule has 2 aromatic heterocycles. The average molecular weight is 175 g/mol. The van der Waals surface area contributed by atoms with Crippen molar-refractivity contribution in [3.8, 4) is 0 Å². The zero-order valence-corrected chi connectivity index (χ0v) is 6.77. The highest BCUT2D eigenvalue weighted by Gasteiger charge is 2.10. The van der Waals surface area contributed by atoms with Crippen LogP contribution < -0.4 is 5.56 Å². The van der Waals surface area contributed by atoms with Crippen LogP contribution in [0.1, 0.15) is 0 Å². The molecule has 13 heavy (non-hydrogen) atoms. The lowest BCUT2D eigenvalue weighted by Gasteiger charge is -1.92. The number of nitrogens with zero attached hydrogens (tertiary/aromatic N) is 4. The van der Waals surface area contributed by atoms with Crippen LogP contribution in [0.4, 0.5) is 5.82 Å². The third kappa shape index (κ3) is 0.906. The van der Waals surface area contributed by atoms with E-state index in [0.29, 0.717) is 5.52 Å². The minimum Gasteiger partial charge on any atom is -0.360 e. The van der Waals surface area contributed by atoms with E-state index in [9.17, 15) is 4.79 Å². The van der Waals surface area contributed by atoms with Crippen molar-refractivity contribution in [2.45, 2.75) is 0 Å². The van der Waals surface area contributed by atoms with Gasteiger partial charge in [-0.1, -0.05) is 11.7 Å². The highest BCUT2D eigenvalue weighted by atomic mass is 16.1. The van der Waals surface area contributed by atoms with Gasteiger partial charge in [0, 0.05) is 7.05 Å². The fourth-order valence-electron chi connectivity index (χ4n) is 1.04. The molecule has 0 saturated heterocycles. The molecule has 0 saturated carbocycles. The zero-order chi connectivity index (χ0) is 9.42. The molecule has 0 aliphatic rings. The molecule has 0 spiro atoms. The number of rotatable bonds is 0. The second-order valence-electron chi connectivity index (χ2n) is 2.54. The number of hydrogen-bond acceptors (Lipinski definition) is 3. The summed E-state index contributed by atoms with van der Waals surface area (Å²) in [5.41, 5.74) is 0.283. The summed E-state index contributed by atoms with van der Waals surface area (Å²) < 4.78 is 1.32. The summed E-state index contributed by atoms with van der Waals surface area (Å²) in [4.78, 5) is 18.5. The van der Waals surface area contributed by atoms with E-state index in [1.165, 1.54) is 10.9 Å². The van der Waals surface area contributed by atoms with Gasteiger partial charge < -0.3 is 9.41 Å².